The number of allylic oxidation sites excluding steroid dienone is 18. The summed E-state index contributed by atoms with van der Waals surface area (Å²) in [5, 5.41) is 0. The summed E-state index contributed by atoms with van der Waals surface area (Å²) in [6.07, 6.45) is 95.5. The molecule has 0 fully saturated rings. The zero-order chi connectivity index (χ0) is 59.2. The van der Waals surface area contributed by atoms with Gasteiger partial charge < -0.3 is 14.2 Å². The van der Waals surface area contributed by atoms with E-state index >= 15 is 0 Å². The van der Waals surface area contributed by atoms with Gasteiger partial charge in [0, 0.05) is 19.3 Å². The lowest BCUT2D eigenvalue weighted by Gasteiger charge is -2.18. The van der Waals surface area contributed by atoms with Crippen LogP contribution in [0.3, 0.4) is 0 Å². The number of hydrogen-bond donors (Lipinski definition) is 0. The van der Waals surface area contributed by atoms with Crippen molar-refractivity contribution >= 4 is 17.9 Å². The summed E-state index contributed by atoms with van der Waals surface area (Å²) in [5.41, 5.74) is 0. The summed E-state index contributed by atoms with van der Waals surface area (Å²) >= 11 is 0. The van der Waals surface area contributed by atoms with Crippen molar-refractivity contribution in [2.24, 2.45) is 0 Å². The normalized spacial score (nSPS) is 12.8. The van der Waals surface area contributed by atoms with Crippen molar-refractivity contribution in [2.75, 3.05) is 13.2 Å². The van der Waals surface area contributed by atoms with Gasteiger partial charge in [-0.1, -0.05) is 323 Å². The van der Waals surface area contributed by atoms with E-state index in [2.05, 4.69) is 130 Å². The predicted molar refractivity (Wildman–Crippen MR) is 357 cm³/mol. The van der Waals surface area contributed by atoms with Crippen molar-refractivity contribution < 1.29 is 28.6 Å². The van der Waals surface area contributed by atoms with E-state index in [9.17, 15) is 14.4 Å². The lowest BCUT2D eigenvalue weighted by molar-refractivity contribution is -0.167. The van der Waals surface area contributed by atoms with Crippen LogP contribution in [0.5, 0.6) is 0 Å². The van der Waals surface area contributed by atoms with E-state index in [-0.39, 0.29) is 31.1 Å². The minimum atomic E-state index is -0.804. The summed E-state index contributed by atoms with van der Waals surface area (Å²) in [6, 6.07) is 0. The van der Waals surface area contributed by atoms with Gasteiger partial charge >= 0.3 is 17.9 Å². The highest BCUT2D eigenvalue weighted by Crippen LogP contribution is 2.18. The molecule has 6 heteroatoms. The molecule has 0 aliphatic carbocycles. The summed E-state index contributed by atoms with van der Waals surface area (Å²) < 4.78 is 16.9. The maximum atomic E-state index is 13.0. The topological polar surface area (TPSA) is 78.9 Å². The second-order valence-electron chi connectivity index (χ2n) is 23.0. The molecule has 0 N–H and O–H groups in total. The van der Waals surface area contributed by atoms with Crippen LogP contribution in [-0.4, -0.2) is 37.2 Å². The number of carbonyl (C=O) groups excluding carboxylic acids is 3. The molecule has 470 valence electrons. The number of ether oxygens (including phenoxy) is 3. The van der Waals surface area contributed by atoms with Crippen molar-refractivity contribution in [3.8, 4) is 0 Å². The lowest BCUT2D eigenvalue weighted by Crippen LogP contribution is -2.30. The Kier molecular flexibility index (Phi) is 66.2. The molecule has 0 amide bonds. The Bertz CT molecular complexity index is 1640. The largest absolute Gasteiger partial charge is 0.462 e. The van der Waals surface area contributed by atoms with Crippen molar-refractivity contribution in [1.29, 1.82) is 0 Å². The quantitative estimate of drug-likeness (QED) is 0.0261. The second-order valence-corrected chi connectivity index (χ2v) is 23.0. The summed E-state index contributed by atoms with van der Waals surface area (Å²) in [7, 11) is 0. The average molecular weight is 1140 g/mol. The zero-order valence-electron chi connectivity index (χ0n) is 54.0. The SMILES string of the molecule is CC/C=C\C/C=C\C/C=C\C/C=C\C/C=C\CCCCCCCCCC(=O)OC(COC(=O)CCCC/C=C\C/C=C\C/C=C\C/C=C\CC)COC(=O)CCCCCCCCCCCCCCCCCCCCCCCCCCCC. The molecule has 0 aromatic carbocycles. The molecule has 0 aromatic rings. The molecule has 6 nitrogen and oxygen atoms in total. The molecule has 0 bridgehead atoms. The Labute approximate surface area is 508 Å². The molecular formula is C76H130O6. The van der Waals surface area contributed by atoms with Crippen LogP contribution in [-0.2, 0) is 28.6 Å². The maximum Gasteiger partial charge on any atom is 0.306 e. The number of unbranched alkanes of at least 4 members (excludes halogenated alkanes) is 34. The van der Waals surface area contributed by atoms with E-state index in [1.807, 2.05) is 0 Å². The molecule has 0 aliphatic heterocycles. The van der Waals surface area contributed by atoms with Gasteiger partial charge in [-0.3, -0.25) is 14.4 Å². The minimum absolute atomic E-state index is 0.0945. The Morgan fingerprint density at radius 1 is 0.256 bits per heavy atom. The molecule has 0 aliphatic rings. The predicted octanol–water partition coefficient (Wildman–Crippen LogP) is 24.2. The van der Waals surface area contributed by atoms with Gasteiger partial charge in [-0.25, -0.2) is 0 Å². The van der Waals surface area contributed by atoms with Gasteiger partial charge in [0.05, 0.1) is 0 Å². The summed E-state index contributed by atoms with van der Waals surface area (Å²) in [5.74, 6) is -0.936. The van der Waals surface area contributed by atoms with Crippen LogP contribution in [0.2, 0.25) is 0 Å². The summed E-state index contributed by atoms with van der Waals surface area (Å²) in [4.78, 5) is 38.4. The standard InChI is InChI=1S/C76H130O6/c1-4-7-10-13-16-19-22-25-28-30-32-34-36-37-38-40-41-43-45-48-51-54-57-60-63-66-69-75(78)81-72-73(71-80-74(77)68-65-62-59-56-53-50-47-27-24-21-18-15-12-9-6-3)82-76(79)70-67-64-61-58-55-52-49-46-44-42-39-35-33-31-29-26-23-20-17-14-11-8-5-2/h8-9,11-12,17-18,20-21,26-27,29,33,35,42,44,47,53,56,73H,4-7,10,13-16,19,22-25,28,30-32,34,36-41,43,45-46,48-52,54-55,57-72H2,1-3H3/b11-8-,12-9-,20-17-,21-18-,29-26-,35-33-,44-42-,47-27-,56-53-. The lowest BCUT2D eigenvalue weighted by atomic mass is 10.0. The molecule has 0 saturated heterocycles. The third-order valence-corrected chi connectivity index (χ3v) is 15.0. The second kappa shape index (κ2) is 69.6. The van der Waals surface area contributed by atoms with E-state index in [0.29, 0.717) is 19.3 Å². The highest BCUT2D eigenvalue weighted by Gasteiger charge is 2.19. The van der Waals surface area contributed by atoms with E-state index in [4.69, 9.17) is 14.2 Å². The fourth-order valence-corrected chi connectivity index (χ4v) is 9.88. The van der Waals surface area contributed by atoms with E-state index < -0.39 is 6.10 Å². The molecule has 0 spiro atoms. The molecule has 0 rings (SSSR count). The fraction of sp³-hybridized carbons (Fsp3) is 0.724. The molecule has 0 saturated carbocycles. The molecule has 0 aromatic heterocycles. The first kappa shape index (κ1) is 78.1. The van der Waals surface area contributed by atoms with Crippen LogP contribution in [0.25, 0.3) is 0 Å². The van der Waals surface area contributed by atoms with E-state index in [0.717, 1.165) is 122 Å². The van der Waals surface area contributed by atoms with Gasteiger partial charge in [0.25, 0.3) is 0 Å². The Morgan fingerprint density at radius 2 is 0.476 bits per heavy atom. The first-order valence-electron chi connectivity index (χ1n) is 34.9. The Balaban J connectivity index is 4.35. The minimum Gasteiger partial charge on any atom is -0.462 e. The van der Waals surface area contributed by atoms with E-state index in [1.54, 1.807) is 0 Å². The highest BCUT2D eigenvalue weighted by atomic mass is 16.6. The van der Waals surface area contributed by atoms with Gasteiger partial charge in [0.1, 0.15) is 13.2 Å². The number of carbonyl (C=O) groups is 3. The zero-order valence-corrected chi connectivity index (χ0v) is 54.0. The summed E-state index contributed by atoms with van der Waals surface area (Å²) in [6.45, 7) is 6.41. The maximum absolute atomic E-state index is 13.0. The van der Waals surface area contributed by atoms with Crippen molar-refractivity contribution in [3.63, 3.8) is 0 Å². The smallest absolute Gasteiger partial charge is 0.306 e. The van der Waals surface area contributed by atoms with Crippen molar-refractivity contribution in [3.05, 3.63) is 109 Å². The molecule has 1 atom stereocenters. The van der Waals surface area contributed by atoms with Crippen LogP contribution in [0, 0.1) is 0 Å². The molecule has 82 heavy (non-hydrogen) atoms. The van der Waals surface area contributed by atoms with Crippen LogP contribution in [0.1, 0.15) is 335 Å². The number of hydrogen-bond acceptors (Lipinski definition) is 6. The fourth-order valence-electron chi connectivity index (χ4n) is 9.88. The van der Waals surface area contributed by atoms with Crippen molar-refractivity contribution in [1.82, 2.24) is 0 Å². The first-order chi connectivity index (χ1) is 40.5. The van der Waals surface area contributed by atoms with Crippen LogP contribution >= 0.6 is 0 Å². The van der Waals surface area contributed by atoms with Gasteiger partial charge in [-0.05, 0) is 103 Å². The molecule has 1 unspecified atom stereocenters. The third-order valence-electron chi connectivity index (χ3n) is 15.0. The van der Waals surface area contributed by atoms with Crippen molar-refractivity contribution in [2.45, 2.75) is 341 Å². The monoisotopic (exact) mass is 1140 g/mol. The van der Waals surface area contributed by atoms with Gasteiger partial charge in [0.2, 0.25) is 0 Å². The average Bonchev–Trinajstić information content (AvgIpc) is 3.47. The molecule has 0 heterocycles. The van der Waals surface area contributed by atoms with E-state index in [1.165, 1.54) is 173 Å². The van der Waals surface area contributed by atoms with Gasteiger partial charge in [-0.15, -0.1) is 0 Å². The molecule has 0 radical (unpaired) electrons. The number of esters is 3. The first-order valence-corrected chi connectivity index (χ1v) is 34.9. The van der Waals surface area contributed by atoms with Gasteiger partial charge in [-0.2, -0.15) is 0 Å². The third kappa shape index (κ3) is 66.9. The Hall–Kier alpha value is -3.93. The molecular weight excluding hydrogens is 1010 g/mol. The van der Waals surface area contributed by atoms with Gasteiger partial charge in [0.15, 0.2) is 6.10 Å². The van der Waals surface area contributed by atoms with Crippen LogP contribution in [0.4, 0.5) is 0 Å². The van der Waals surface area contributed by atoms with Crippen LogP contribution < -0.4 is 0 Å². The van der Waals surface area contributed by atoms with Crippen LogP contribution in [0.15, 0.2) is 109 Å². The Morgan fingerprint density at radius 3 is 0.768 bits per heavy atom. The highest BCUT2D eigenvalue weighted by molar-refractivity contribution is 5.71. The number of rotatable bonds is 63.